The first-order valence-electron chi connectivity index (χ1n) is 43.4. The molecule has 0 saturated carbocycles. The molecule has 0 aliphatic carbocycles. The fraction of sp³-hybridized carbons (Fsp3) is 0.667. The third-order valence-electron chi connectivity index (χ3n) is 17.9. The first kappa shape index (κ1) is 106. The Morgan fingerprint density at radius 2 is 0.477 bits per heavy atom. The van der Waals surface area contributed by atoms with Gasteiger partial charge in [-0.3, -0.25) is 32.5 Å². The van der Waals surface area contributed by atoms with E-state index < -0.39 is 91.5 Å². The summed E-state index contributed by atoms with van der Waals surface area (Å²) >= 11 is 0. The van der Waals surface area contributed by atoms with Crippen LogP contribution in [0, 0.1) is 0 Å². The first-order chi connectivity index (χ1) is 54.2. The summed E-state index contributed by atoms with van der Waals surface area (Å²) in [6.45, 7) is 2.42. The van der Waals surface area contributed by atoms with Crippen molar-refractivity contribution in [2.45, 2.75) is 360 Å². The van der Waals surface area contributed by atoms with Crippen molar-refractivity contribution in [2.24, 2.45) is 0 Å². The Balaban J connectivity index is 4.65. The van der Waals surface area contributed by atoms with Crippen molar-refractivity contribution >= 4 is 33.6 Å². The molecule has 111 heavy (non-hydrogen) atoms. The molecule has 0 fully saturated rings. The summed E-state index contributed by atoms with van der Waals surface area (Å²) in [7, 11) is -9.82. The fourth-order valence-electron chi connectivity index (χ4n) is 11.4. The van der Waals surface area contributed by atoms with Crippen LogP contribution in [0.4, 0.5) is 0 Å². The van der Waals surface area contributed by atoms with Crippen molar-refractivity contribution in [3.8, 4) is 0 Å². The highest BCUT2D eigenvalue weighted by Gasteiger charge is 2.29. The lowest BCUT2D eigenvalue weighted by atomic mass is 10.0. The van der Waals surface area contributed by atoms with Gasteiger partial charge in [-0.1, -0.05) is 339 Å². The van der Waals surface area contributed by atoms with E-state index in [0.29, 0.717) is 19.3 Å². The number of aliphatic hydroxyl groups is 2. The number of carbonyl (C=O) groups is 3. The lowest BCUT2D eigenvalue weighted by Gasteiger charge is -2.21. The summed E-state index contributed by atoms with van der Waals surface area (Å²) < 4.78 is 61.4. The second-order valence-corrected chi connectivity index (χ2v) is 31.5. The van der Waals surface area contributed by atoms with Crippen LogP contribution in [-0.2, 0) is 55.8 Å². The third kappa shape index (κ3) is 85.6. The lowest BCUT2D eigenvalue weighted by Crippen LogP contribution is -2.30. The van der Waals surface area contributed by atoms with Gasteiger partial charge in [0.05, 0.1) is 26.4 Å². The highest BCUT2D eigenvalue weighted by Crippen LogP contribution is 2.45. The van der Waals surface area contributed by atoms with Crippen molar-refractivity contribution in [3.63, 3.8) is 0 Å². The van der Waals surface area contributed by atoms with E-state index in [4.69, 9.17) is 32.3 Å². The molecule has 5 unspecified atom stereocenters. The maximum absolute atomic E-state index is 13.0. The molecule has 0 radical (unpaired) electrons. The molecule has 0 aliphatic rings. The molecule has 0 aromatic carbocycles. The maximum Gasteiger partial charge on any atom is 0.472 e. The van der Waals surface area contributed by atoms with Crippen LogP contribution in [-0.4, -0.2) is 95.9 Å². The molecular formula is C93H156O16P2. The molecule has 0 aliphatic heterocycles. The summed E-state index contributed by atoms with van der Waals surface area (Å²) in [5.74, 6) is -1.61. The topological polar surface area (TPSA) is 231 Å². The molecule has 16 nitrogen and oxygen atoms in total. The Labute approximate surface area is 675 Å². The van der Waals surface area contributed by atoms with Crippen molar-refractivity contribution in [1.29, 1.82) is 0 Å². The third-order valence-corrected chi connectivity index (χ3v) is 19.8. The summed E-state index contributed by atoms with van der Waals surface area (Å²) in [5.41, 5.74) is 0. The molecule has 0 bridgehead atoms. The van der Waals surface area contributed by atoms with Crippen LogP contribution in [0.25, 0.3) is 0 Å². The number of unbranched alkanes of at least 4 members (excludes halogenated alkanes) is 30. The van der Waals surface area contributed by atoms with Gasteiger partial charge in [0.1, 0.15) is 25.4 Å². The number of rotatable bonds is 81. The average molecular weight is 1590 g/mol. The predicted molar refractivity (Wildman–Crippen MR) is 463 cm³/mol. The van der Waals surface area contributed by atoms with Gasteiger partial charge in [0.15, 0.2) is 6.10 Å². The number of allylic oxidation sites excluding steroid dienone is 28. The van der Waals surface area contributed by atoms with Gasteiger partial charge in [-0.15, -0.1) is 0 Å². The minimum absolute atomic E-state index is 0.0753. The monoisotopic (exact) mass is 1590 g/mol. The molecule has 0 rings (SSSR count). The summed E-state index contributed by atoms with van der Waals surface area (Å²) in [5, 5.41) is 20.7. The summed E-state index contributed by atoms with van der Waals surface area (Å²) in [6, 6.07) is 0. The molecule has 18 heteroatoms. The molecule has 4 N–H and O–H groups in total. The van der Waals surface area contributed by atoms with E-state index in [-0.39, 0.29) is 19.3 Å². The van der Waals surface area contributed by atoms with Crippen LogP contribution in [0.2, 0.25) is 0 Å². The zero-order valence-corrected chi connectivity index (χ0v) is 71.4. The zero-order chi connectivity index (χ0) is 80.8. The van der Waals surface area contributed by atoms with Crippen LogP contribution in [0.1, 0.15) is 342 Å². The molecule has 0 heterocycles. The van der Waals surface area contributed by atoms with Gasteiger partial charge in [-0.05, 0) is 154 Å². The fourth-order valence-corrected chi connectivity index (χ4v) is 13.0. The molecule has 0 aromatic rings. The Bertz CT molecular complexity index is 2700. The van der Waals surface area contributed by atoms with E-state index in [1.807, 2.05) is 0 Å². The van der Waals surface area contributed by atoms with E-state index in [2.05, 4.69) is 191 Å². The van der Waals surface area contributed by atoms with Crippen LogP contribution in [0.5, 0.6) is 0 Å². The van der Waals surface area contributed by atoms with Gasteiger partial charge in [0.25, 0.3) is 0 Å². The van der Waals surface area contributed by atoms with E-state index in [1.54, 1.807) is 0 Å². The molecule has 0 saturated heterocycles. The highest BCUT2D eigenvalue weighted by atomic mass is 31.2. The molecule has 0 aromatic heterocycles. The van der Waals surface area contributed by atoms with E-state index in [1.165, 1.54) is 109 Å². The van der Waals surface area contributed by atoms with Gasteiger partial charge in [0.2, 0.25) is 0 Å². The number of phosphoric acid groups is 2. The van der Waals surface area contributed by atoms with Gasteiger partial charge >= 0.3 is 33.6 Å². The quantitative estimate of drug-likeness (QED) is 0.0146. The SMILES string of the molecule is CC/C=C\C/C=C\C/C=C\C/C=C\C/C=C\CCCCCCCCCCCC(=O)OCC(COP(=O)(O)OCC(O)COP(=O)(O)OCC(O)COC(=O)CCCCCCCCCCCCCCC/C=C\C/C=C\C/C=C\C/C=C\CCCCC)OC(=O)CCCCCCC/C=C\C/C=C\C/C=C\C/C=C\C/C=C\CC. The second kappa shape index (κ2) is 84.3. The van der Waals surface area contributed by atoms with Crippen molar-refractivity contribution in [1.82, 2.24) is 0 Å². The van der Waals surface area contributed by atoms with E-state index in [9.17, 15) is 43.5 Å². The van der Waals surface area contributed by atoms with Crippen LogP contribution >= 0.6 is 15.6 Å². The number of esters is 3. The Morgan fingerprint density at radius 1 is 0.261 bits per heavy atom. The van der Waals surface area contributed by atoms with Crippen LogP contribution in [0.3, 0.4) is 0 Å². The number of carbonyl (C=O) groups excluding carboxylic acids is 3. The van der Waals surface area contributed by atoms with Gasteiger partial charge in [-0.2, -0.15) is 0 Å². The predicted octanol–water partition coefficient (Wildman–Crippen LogP) is 26.3. The van der Waals surface area contributed by atoms with Crippen molar-refractivity contribution < 1.29 is 75.8 Å². The minimum Gasteiger partial charge on any atom is -0.463 e. The molecule has 5 atom stereocenters. The molecular weight excluding hydrogens is 1430 g/mol. The zero-order valence-electron chi connectivity index (χ0n) is 69.6. The average Bonchev–Trinajstić information content (AvgIpc) is 0.903. The Kier molecular flexibility index (Phi) is 80.4. The Hall–Kier alpha value is -5.09. The largest absolute Gasteiger partial charge is 0.472 e. The number of aliphatic hydroxyl groups excluding tert-OH is 2. The van der Waals surface area contributed by atoms with Crippen LogP contribution < -0.4 is 0 Å². The summed E-state index contributed by atoms with van der Waals surface area (Å²) in [6.07, 6.45) is 108. The normalized spacial score (nSPS) is 14.7. The van der Waals surface area contributed by atoms with Gasteiger partial charge in [0, 0.05) is 19.3 Å². The molecule has 634 valence electrons. The number of hydrogen-bond acceptors (Lipinski definition) is 14. The maximum atomic E-state index is 13.0. The minimum atomic E-state index is -4.95. The van der Waals surface area contributed by atoms with E-state index >= 15 is 0 Å². The number of ether oxygens (including phenoxy) is 3. The van der Waals surface area contributed by atoms with Crippen molar-refractivity contribution in [3.05, 3.63) is 170 Å². The second-order valence-electron chi connectivity index (χ2n) is 28.6. The van der Waals surface area contributed by atoms with Gasteiger partial charge in [-0.25, -0.2) is 9.13 Å². The number of hydrogen-bond donors (Lipinski definition) is 4. The van der Waals surface area contributed by atoms with Crippen molar-refractivity contribution in [2.75, 3.05) is 39.6 Å². The molecule has 0 amide bonds. The Morgan fingerprint density at radius 3 is 0.757 bits per heavy atom. The summed E-state index contributed by atoms with van der Waals surface area (Å²) in [4.78, 5) is 58.9. The van der Waals surface area contributed by atoms with Gasteiger partial charge < -0.3 is 34.2 Å². The first-order valence-corrected chi connectivity index (χ1v) is 46.4. The number of phosphoric ester groups is 2. The lowest BCUT2D eigenvalue weighted by molar-refractivity contribution is -0.161. The standard InChI is InChI=1S/C93H156O16P2/c1-4-7-10-13-16-19-22-25-28-31-34-37-39-41-42-43-44-46-48-50-52-55-58-61-64-67-70-73-76-79-91(96)103-82-88(94)83-105-110(99,100)106-84-89(95)85-107-111(101,102)108-87-90(109-93(98)81-78-75-72-69-66-63-60-57-54-49-36-33-30-27-24-21-18-15-12-9-6-3)86-104-92(97)80-77-74-71-68-65-62-59-56-53-51-47-45-40-38-35-32-29-26-23-20-17-14-11-8-5-2/h8-9,11-12,16-21,25-30,34-38,41-42,45,47,49,57,60,88-90,94-95H,4-7,10,13-15,22-24,31-33,39-40,43-44,46,48,50-56,58-59,61-87H2,1-3H3,(H,99,100)(H,101,102)/b11-8-,12-9-,19-16-,20-17-,21-18-,28-25-,29-26-,30-27-,37-34-,38-35-,42-41-,47-45-,49-36-,60-57-. The van der Waals surface area contributed by atoms with E-state index in [0.717, 1.165) is 173 Å². The smallest absolute Gasteiger partial charge is 0.463 e. The molecule has 0 spiro atoms. The highest BCUT2D eigenvalue weighted by molar-refractivity contribution is 7.47. The van der Waals surface area contributed by atoms with Crippen LogP contribution in [0.15, 0.2) is 170 Å².